The highest BCUT2D eigenvalue weighted by Crippen LogP contribution is 2.30. The largest absolute Gasteiger partial charge is 0.348 e. The average molecular weight is 351 g/mol. The number of carbonyl (C=O) groups is 2. The van der Waals surface area contributed by atoms with Gasteiger partial charge in [-0.15, -0.1) is 0 Å². The molecule has 7 nitrogen and oxygen atoms in total. The van der Waals surface area contributed by atoms with Crippen molar-refractivity contribution in [3.8, 4) is 0 Å². The van der Waals surface area contributed by atoms with Gasteiger partial charge in [-0.3, -0.25) is 4.79 Å². The van der Waals surface area contributed by atoms with Crippen molar-refractivity contribution in [1.29, 1.82) is 0 Å². The molecule has 2 aliphatic rings. The second kappa shape index (κ2) is 6.33. The zero-order valence-corrected chi connectivity index (χ0v) is 14.8. The molecule has 1 unspecified atom stereocenters. The van der Waals surface area contributed by atoms with Crippen LogP contribution in [0.4, 0.5) is 4.79 Å². The molecule has 2 aromatic rings. The second-order valence-electron chi connectivity index (χ2n) is 6.73. The summed E-state index contributed by atoms with van der Waals surface area (Å²) < 4.78 is 0. The molecular weight excluding hydrogens is 330 g/mol. The molecule has 3 N–H and O–H groups in total. The van der Waals surface area contributed by atoms with Gasteiger partial charge in [-0.1, -0.05) is 24.3 Å². The van der Waals surface area contributed by atoms with Crippen LogP contribution in [0, 0.1) is 6.92 Å². The van der Waals surface area contributed by atoms with E-state index < -0.39 is 6.04 Å². The number of benzene rings is 1. The third-order valence-electron chi connectivity index (χ3n) is 5.06. The molecule has 0 aliphatic carbocycles. The van der Waals surface area contributed by atoms with Crippen LogP contribution in [0.1, 0.15) is 35.5 Å². The summed E-state index contributed by atoms with van der Waals surface area (Å²) in [7, 11) is 0. The fourth-order valence-corrected chi connectivity index (χ4v) is 3.68. The Morgan fingerprint density at radius 3 is 2.73 bits per heavy atom. The summed E-state index contributed by atoms with van der Waals surface area (Å²) in [6.45, 7) is 4.88. The summed E-state index contributed by atoms with van der Waals surface area (Å²) in [4.78, 5) is 34.5. The predicted molar refractivity (Wildman–Crippen MR) is 96.0 cm³/mol. The molecule has 2 aliphatic heterocycles. The molecule has 1 atom stereocenters. The third kappa shape index (κ3) is 2.75. The lowest BCUT2D eigenvalue weighted by Crippen LogP contribution is -2.48. The van der Waals surface area contributed by atoms with Gasteiger partial charge in [-0.2, -0.15) is 0 Å². The van der Waals surface area contributed by atoms with Crippen LogP contribution >= 0.6 is 0 Å². The number of rotatable bonds is 2. The molecule has 4 rings (SSSR count). The molecule has 3 amide bonds. The van der Waals surface area contributed by atoms with E-state index in [-0.39, 0.29) is 11.9 Å². The minimum absolute atomic E-state index is 0.0723. The molecule has 1 aromatic carbocycles. The topological polar surface area (TPSA) is 90.1 Å². The highest BCUT2D eigenvalue weighted by atomic mass is 16.2. The van der Waals surface area contributed by atoms with E-state index in [1.807, 2.05) is 24.0 Å². The number of nitrogens with one attached hydrogen (secondary N) is 3. The van der Waals surface area contributed by atoms with Crippen molar-refractivity contribution in [2.45, 2.75) is 32.9 Å². The number of aromatic amines is 1. The first-order valence-corrected chi connectivity index (χ1v) is 8.69. The Morgan fingerprint density at radius 1 is 1.23 bits per heavy atom. The minimum atomic E-state index is -0.556. The molecule has 0 bridgehead atoms. The first-order chi connectivity index (χ1) is 12.5. The van der Waals surface area contributed by atoms with Gasteiger partial charge in [0.1, 0.15) is 6.04 Å². The molecule has 7 heteroatoms. The Hall–Kier alpha value is -3.09. The van der Waals surface area contributed by atoms with Crippen LogP contribution in [-0.4, -0.2) is 33.4 Å². The van der Waals surface area contributed by atoms with Gasteiger partial charge in [0.25, 0.3) is 5.91 Å². The Labute approximate surface area is 151 Å². The van der Waals surface area contributed by atoms with Crippen molar-refractivity contribution in [1.82, 2.24) is 25.5 Å². The lowest BCUT2D eigenvalue weighted by molar-refractivity contribution is -0.128. The number of fused-ring (bicyclic) bond motifs is 1. The monoisotopic (exact) mass is 351 g/mol. The number of amides is 3. The number of H-pyrrole nitrogens is 1. The number of carbonyl (C=O) groups excluding carboxylic acids is 2. The lowest BCUT2D eigenvalue weighted by atomic mass is 9.95. The van der Waals surface area contributed by atoms with E-state index in [2.05, 4.69) is 32.7 Å². The number of aryl methyl sites for hydroxylation is 1. The number of hydrogen-bond acceptors (Lipinski definition) is 3. The fourth-order valence-electron chi connectivity index (χ4n) is 3.68. The standard InChI is InChI=1S/C19H21N5O2/c1-11-15(17(23-19(26)22-11)16-12(2)20-10-21-16)18(25)24-8-7-13-5-3-4-6-14(13)9-24/h3-6,10,17H,7-9H2,1-2H3,(H,20,21)(H2,22,23,26). The SMILES string of the molecule is CC1=C(C(=O)N2CCc3ccccc3C2)C(c2nc[nH]c2C)NC(=O)N1. The van der Waals surface area contributed by atoms with Crippen molar-refractivity contribution < 1.29 is 9.59 Å². The highest BCUT2D eigenvalue weighted by molar-refractivity contribution is 5.98. The maximum absolute atomic E-state index is 13.3. The van der Waals surface area contributed by atoms with Crippen LogP contribution in [0.3, 0.4) is 0 Å². The van der Waals surface area contributed by atoms with Gasteiger partial charge >= 0.3 is 6.03 Å². The average Bonchev–Trinajstić information content (AvgIpc) is 3.06. The number of urea groups is 1. The Bertz CT molecular complexity index is 914. The number of nitrogens with zero attached hydrogens (tertiary/aromatic N) is 2. The molecular formula is C19H21N5O2. The second-order valence-corrected chi connectivity index (χ2v) is 6.73. The van der Waals surface area contributed by atoms with E-state index in [9.17, 15) is 9.59 Å². The molecule has 134 valence electrons. The number of imidazole rings is 1. The normalized spacial score (nSPS) is 19.7. The van der Waals surface area contributed by atoms with Crippen molar-refractivity contribution >= 4 is 11.9 Å². The molecule has 26 heavy (non-hydrogen) atoms. The molecule has 0 spiro atoms. The van der Waals surface area contributed by atoms with Gasteiger partial charge < -0.3 is 20.5 Å². The maximum atomic E-state index is 13.3. The van der Waals surface area contributed by atoms with Crippen LogP contribution in [0.25, 0.3) is 0 Å². The first kappa shape index (κ1) is 16.4. The lowest BCUT2D eigenvalue weighted by Gasteiger charge is -2.34. The van der Waals surface area contributed by atoms with Crippen molar-refractivity contribution in [3.05, 3.63) is 64.4 Å². The Kier molecular flexibility index (Phi) is 3.99. The summed E-state index contributed by atoms with van der Waals surface area (Å²) in [6, 6.07) is 7.32. The van der Waals surface area contributed by atoms with Crippen molar-refractivity contribution in [2.75, 3.05) is 6.54 Å². The van der Waals surface area contributed by atoms with E-state index >= 15 is 0 Å². The summed E-state index contributed by atoms with van der Waals surface area (Å²) in [5, 5.41) is 5.57. The zero-order valence-electron chi connectivity index (χ0n) is 14.8. The van der Waals surface area contributed by atoms with Crippen LogP contribution in [0.5, 0.6) is 0 Å². The molecule has 0 radical (unpaired) electrons. The number of hydrogen-bond donors (Lipinski definition) is 3. The van der Waals surface area contributed by atoms with Crippen LogP contribution in [0.15, 0.2) is 41.9 Å². The van der Waals surface area contributed by atoms with E-state index in [1.54, 1.807) is 13.3 Å². The number of aromatic nitrogens is 2. The van der Waals surface area contributed by atoms with Gasteiger partial charge in [-0.05, 0) is 31.4 Å². The third-order valence-corrected chi connectivity index (χ3v) is 5.06. The summed E-state index contributed by atoms with van der Waals surface area (Å²) >= 11 is 0. The van der Waals surface area contributed by atoms with Crippen molar-refractivity contribution in [2.24, 2.45) is 0 Å². The summed E-state index contributed by atoms with van der Waals surface area (Å²) in [6.07, 6.45) is 2.41. The van der Waals surface area contributed by atoms with Crippen LogP contribution in [0.2, 0.25) is 0 Å². The van der Waals surface area contributed by atoms with Crippen LogP contribution < -0.4 is 10.6 Å². The molecule has 0 fully saturated rings. The molecule has 3 heterocycles. The zero-order chi connectivity index (χ0) is 18.3. The summed E-state index contributed by atoms with van der Waals surface area (Å²) in [5.41, 5.74) is 5.08. The Balaban J connectivity index is 1.68. The first-order valence-electron chi connectivity index (χ1n) is 8.69. The van der Waals surface area contributed by atoms with Crippen molar-refractivity contribution in [3.63, 3.8) is 0 Å². The number of allylic oxidation sites excluding steroid dienone is 1. The smallest absolute Gasteiger partial charge is 0.319 e. The van der Waals surface area contributed by atoms with E-state index in [4.69, 9.17) is 0 Å². The Morgan fingerprint density at radius 2 is 2.00 bits per heavy atom. The molecule has 0 saturated heterocycles. The molecule has 1 aromatic heterocycles. The minimum Gasteiger partial charge on any atom is -0.348 e. The fraction of sp³-hybridized carbons (Fsp3) is 0.316. The van der Waals surface area contributed by atoms with E-state index in [0.717, 1.165) is 12.1 Å². The quantitative estimate of drug-likeness (QED) is 0.772. The predicted octanol–water partition coefficient (Wildman–Crippen LogP) is 1.93. The molecule has 0 saturated carbocycles. The van der Waals surface area contributed by atoms with Gasteiger partial charge in [0.05, 0.1) is 17.6 Å². The van der Waals surface area contributed by atoms with Crippen LogP contribution in [-0.2, 0) is 17.8 Å². The highest BCUT2D eigenvalue weighted by Gasteiger charge is 2.36. The van der Waals surface area contributed by atoms with E-state index in [1.165, 1.54) is 11.1 Å². The van der Waals surface area contributed by atoms with Gasteiger partial charge in [-0.25, -0.2) is 9.78 Å². The van der Waals surface area contributed by atoms with E-state index in [0.29, 0.717) is 30.1 Å². The van der Waals surface area contributed by atoms with Gasteiger partial charge in [0.15, 0.2) is 0 Å². The summed E-state index contributed by atoms with van der Waals surface area (Å²) in [5.74, 6) is -0.0723. The van der Waals surface area contributed by atoms with Gasteiger partial charge in [0.2, 0.25) is 0 Å². The maximum Gasteiger partial charge on any atom is 0.319 e. The van der Waals surface area contributed by atoms with Gasteiger partial charge in [0, 0.05) is 24.5 Å².